The van der Waals surface area contributed by atoms with Crippen molar-refractivity contribution in [3.05, 3.63) is 35.9 Å². The zero-order valence-electron chi connectivity index (χ0n) is 11.0. The third-order valence-electron chi connectivity index (χ3n) is 3.46. The van der Waals surface area contributed by atoms with Crippen LogP contribution in [0.5, 0.6) is 0 Å². The molecule has 18 heavy (non-hydrogen) atoms. The monoisotopic (exact) mass is 248 g/mol. The fraction of sp³-hybridized carbons (Fsp3) is 0.533. The summed E-state index contributed by atoms with van der Waals surface area (Å²) < 4.78 is 10.5. The lowest BCUT2D eigenvalue weighted by Gasteiger charge is -2.13. The smallest absolute Gasteiger partial charge is 0.306 e. The van der Waals surface area contributed by atoms with Gasteiger partial charge in [0.05, 0.1) is 0 Å². The largest absolute Gasteiger partial charge is 0.458 e. The van der Waals surface area contributed by atoms with Gasteiger partial charge in [0.15, 0.2) is 0 Å². The van der Waals surface area contributed by atoms with Crippen LogP contribution in [0.3, 0.4) is 0 Å². The van der Waals surface area contributed by atoms with Crippen LogP contribution in [0.1, 0.15) is 31.4 Å². The number of carbonyl (C=O) groups is 1. The molecule has 1 aromatic carbocycles. The normalized spacial score (nSPS) is 23.4. The van der Waals surface area contributed by atoms with Crippen molar-refractivity contribution in [2.45, 2.75) is 25.9 Å². The second kappa shape index (κ2) is 6.01. The van der Waals surface area contributed by atoms with E-state index in [2.05, 4.69) is 0 Å². The predicted molar refractivity (Wildman–Crippen MR) is 69.0 cm³/mol. The van der Waals surface area contributed by atoms with E-state index >= 15 is 0 Å². The van der Waals surface area contributed by atoms with Gasteiger partial charge >= 0.3 is 5.97 Å². The van der Waals surface area contributed by atoms with Gasteiger partial charge in [0.1, 0.15) is 6.10 Å². The van der Waals surface area contributed by atoms with Gasteiger partial charge in [-0.3, -0.25) is 4.79 Å². The molecule has 1 aromatic rings. The molecule has 1 saturated carbocycles. The highest BCUT2D eigenvalue weighted by atomic mass is 16.5. The lowest BCUT2D eigenvalue weighted by molar-refractivity contribution is -0.149. The van der Waals surface area contributed by atoms with Crippen LogP contribution in [-0.4, -0.2) is 19.7 Å². The maximum absolute atomic E-state index is 11.8. The molecule has 0 amide bonds. The zero-order chi connectivity index (χ0) is 13.0. The van der Waals surface area contributed by atoms with Gasteiger partial charge in [-0.2, -0.15) is 0 Å². The molecule has 0 unspecified atom stereocenters. The van der Waals surface area contributed by atoms with E-state index in [9.17, 15) is 4.79 Å². The molecule has 3 atom stereocenters. The van der Waals surface area contributed by atoms with Crippen molar-refractivity contribution < 1.29 is 14.3 Å². The van der Waals surface area contributed by atoms with E-state index in [0.717, 1.165) is 18.6 Å². The van der Waals surface area contributed by atoms with Crippen LogP contribution in [-0.2, 0) is 14.3 Å². The first-order valence-electron chi connectivity index (χ1n) is 6.44. The third kappa shape index (κ3) is 3.57. The lowest BCUT2D eigenvalue weighted by Crippen LogP contribution is -2.10. The van der Waals surface area contributed by atoms with Crippen LogP contribution in [0.4, 0.5) is 0 Å². The molecule has 0 aliphatic heterocycles. The zero-order valence-corrected chi connectivity index (χ0v) is 11.0. The maximum atomic E-state index is 11.8. The van der Waals surface area contributed by atoms with Crippen molar-refractivity contribution in [3.63, 3.8) is 0 Å². The Labute approximate surface area is 108 Å². The standard InChI is InChI=1S/C15H20O3/c1-11(12-6-4-3-5-7-12)18-15(16)9-13-8-14(13)10-17-2/h3-7,11,13-14H,8-10H2,1-2H3/t11-,13-,14+/m0/s1. The molecule has 0 bridgehead atoms. The molecule has 1 aliphatic carbocycles. The first-order valence-corrected chi connectivity index (χ1v) is 6.44. The summed E-state index contributed by atoms with van der Waals surface area (Å²) in [5.41, 5.74) is 1.04. The fourth-order valence-electron chi connectivity index (χ4n) is 2.23. The van der Waals surface area contributed by atoms with Crippen LogP contribution >= 0.6 is 0 Å². The Bertz CT molecular complexity index is 388. The molecule has 1 fully saturated rings. The Morgan fingerprint density at radius 1 is 1.33 bits per heavy atom. The van der Waals surface area contributed by atoms with Gasteiger partial charge in [-0.1, -0.05) is 30.3 Å². The van der Waals surface area contributed by atoms with Crippen LogP contribution < -0.4 is 0 Å². The van der Waals surface area contributed by atoms with Crippen molar-refractivity contribution in [1.29, 1.82) is 0 Å². The molecule has 2 rings (SSSR count). The molecule has 0 N–H and O–H groups in total. The number of ether oxygens (including phenoxy) is 2. The van der Waals surface area contributed by atoms with Crippen molar-refractivity contribution in [3.8, 4) is 0 Å². The lowest BCUT2D eigenvalue weighted by atomic mass is 10.1. The summed E-state index contributed by atoms with van der Waals surface area (Å²) in [6.07, 6.45) is 1.44. The minimum absolute atomic E-state index is 0.102. The maximum Gasteiger partial charge on any atom is 0.306 e. The summed E-state index contributed by atoms with van der Waals surface area (Å²) in [6, 6.07) is 9.81. The fourth-order valence-corrected chi connectivity index (χ4v) is 2.23. The number of methoxy groups -OCH3 is 1. The topological polar surface area (TPSA) is 35.5 Å². The Hall–Kier alpha value is -1.35. The van der Waals surface area contributed by atoms with Gasteiger partial charge in [-0.05, 0) is 30.7 Å². The summed E-state index contributed by atoms with van der Waals surface area (Å²) in [4.78, 5) is 11.8. The molecule has 0 spiro atoms. The minimum Gasteiger partial charge on any atom is -0.458 e. The van der Waals surface area contributed by atoms with Crippen LogP contribution in [0.2, 0.25) is 0 Å². The van der Waals surface area contributed by atoms with Crippen LogP contribution in [0.15, 0.2) is 30.3 Å². The molecule has 0 aromatic heterocycles. The average Bonchev–Trinajstić information content (AvgIpc) is 3.08. The highest BCUT2D eigenvalue weighted by Gasteiger charge is 2.38. The van der Waals surface area contributed by atoms with Crippen molar-refractivity contribution in [1.82, 2.24) is 0 Å². The number of esters is 1. The SMILES string of the molecule is COC[C@H]1C[C@H]1CC(=O)O[C@@H](C)c1ccccc1. The third-order valence-corrected chi connectivity index (χ3v) is 3.46. The van der Waals surface area contributed by atoms with Gasteiger partial charge in [-0.15, -0.1) is 0 Å². The summed E-state index contributed by atoms with van der Waals surface area (Å²) in [6.45, 7) is 2.67. The van der Waals surface area contributed by atoms with Gasteiger partial charge in [-0.25, -0.2) is 0 Å². The van der Waals surface area contributed by atoms with E-state index < -0.39 is 0 Å². The number of benzene rings is 1. The summed E-state index contributed by atoms with van der Waals surface area (Å²) in [5, 5.41) is 0. The number of hydrogen-bond donors (Lipinski definition) is 0. The van der Waals surface area contributed by atoms with E-state index in [1.165, 1.54) is 0 Å². The van der Waals surface area contributed by atoms with E-state index in [1.54, 1.807) is 7.11 Å². The number of hydrogen-bond acceptors (Lipinski definition) is 3. The van der Waals surface area contributed by atoms with Crippen LogP contribution in [0.25, 0.3) is 0 Å². The molecule has 1 aliphatic rings. The van der Waals surface area contributed by atoms with Crippen molar-refractivity contribution in [2.24, 2.45) is 11.8 Å². The quantitative estimate of drug-likeness (QED) is 0.726. The summed E-state index contributed by atoms with van der Waals surface area (Å²) in [7, 11) is 1.70. The first-order chi connectivity index (χ1) is 8.70. The molecular weight excluding hydrogens is 228 g/mol. The molecule has 3 heteroatoms. The molecule has 0 radical (unpaired) electrons. The van der Waals surface area contributed by atoms with Gasteiger partial charge in [0.25, 0.3) is 0 Å². The molecular formula is C15H20O3. The minimum atomic E-state index is -0.168. The second-order valence-electron chi connectivity index (χ2n) is 4.96. The molecule has 98 valence electrons. The van der Waals surface area contributed by atoms with E-state index in [4.69, 9.17) is 9.47 Å². The van der Waals surface area contributed by atoms with E-state index in [-0.39, 0.29) is 12.1 Å². The second-order valence-corrected chi connectivity index (χ2v) is 4.96. The molecule has 3 nitrogen and oxygen atoms in total. The highest BCUT2D eigenvalue weighted by Crippen LogP contribution is 2.41. The highest BCUT2D eigenvalue weighted by molar-refractivity contribution is 5.70. The van der Waals surface area contributed by atoms with Crippen LogP contribution in [0, 0.1) is 11.8 Å². The number of rotatable bonds is 6. The van der Waals surface area contributed by atoms with E-state index in [1.807, 2.05) is 37.3 Å². The van der Waals surface area contributed by atoms with Gasteiger partial charge < -0.3 is 9.47 Å². The molecule has 0 heterocycles. The Kier molecular flexibility index (Phi) is 4.37. The Balaban J connectivity index is 1.75. The Morgan fingerprint density at radius 2 is 2.06 bits per heavy atom. The predicted octanol–water partition coefficient (Wildman–Crippen LogP) is 2.96. The average molecular weight is 248 g/mol. The van der Waals surface area contributed by atoms with Crippen molar-refractivity contribution >= 4 is 5.97 Å². The number of carbonyl (C=O) groups excluding carboxylic acids is 1. The van der Waals surface area contributed by atoms with Crippen molar-refractivity contribution in [2.75, 3.05) is 13.7 Å². The van der Waals surface area contributed by atoms with Gasteiger partial charge in [0, 0.05) is 20.1 Å². The molecule has 0 saturated heterocycles. The summed E-state index contributed by atoms with van der Waals surface area (Å²) in [5.74, 6) is 0.907. The van der Waals surface area contributed by atoms with E-state index in [0.29, 0.717) is 18.3 Å². The van der Waals surface area contributed by atoms with Gasteiger partial charge in [0.2, 0.25) is 0 Å². The first kappa shape index (κ1) is 13.1. The summed E-state index contributed by atoms with van der Waals surface area (Å²) >= 11 is 0. The Morgan fingerprint density at radius 3 is 2.72 bits per heavy atom.